The summed E-state index contributed by atoms with van der Waals surface area (Å²) in [6.45, 7) is 4.02. The molecule has 1 aliphatic rings. The molecule has 1 saturated carbocycles. The Morgan fingerprint density at radius 3 is 2.44 bits per heavy atom. The van der Waals surface area contributed by atoms with Gasteiger partial charge in [-0.05, 0) is 74.1 Å². The average molecular weight is 387 g/mol. The van der Waals surface area contributed by atoms with E-state index < -0.39 is 10.1 Å². The van der Waals surface area contributed by atoms with E-state index in [0.717, 1.165) is 37.7 Å². The molecule has 0 aromatic heterocycles. The predicted molar refractivity (Wildman–Crippen MR) is 110 cm³/mol. The molecule has 0 amide bonds. The Morgan fingerprint density at radius 2 is 1.74 bits per heavy atom. The molecule has 0 aliphatic heterocycles. The van der Waals surface area contributed by atoms with Crippen LogP contribution in [0.5, 0.6) is 0 Å². The molecule has 0 unspecified atom stereocenters. The predicted octanol–water partition coefficient (Wildman–Crippen LogP) is 5.77. The zero-order chi connectivity index (χ0) is 19.3. The van der Waals surface area contributed by atoms with Crippen LogP contribution in [0.3, 0.4) is 0 Å². The van der Waals surface area contributed by atoms with E-state index in [1.807, 2.05) is 6.07 Å². The Hall–Kier alpha value is -1.65. The van der Waals surface area contributed by atoms with E-state index >= 15 is 0 Å². The van der Waals surface area contributed by atoms with Gasteiger partial charge in [-0.2, -0.15) is 8.42 Å². The minimum absolute atomic E-state index is 0.214. The molecule has 1 fully saturated rings. The van der Waals surface area contributed by atoms with Crippen LogP contribution < -0.4 is 0 Å². The summed E-state index contributed by atoms with van der Waals surface area (Å²) >= 11 is 0. The fourth-order valence-corrected chi connectivity index (χ4v) is 5.31. The molecule has 2 aromatic rings. The molecule has 1 aliphatic carbocycles. The van der Waals surface area contributed by atoms with Crippen molar-refractivity contribution in [2.24, 2.45) is 0 Å². The Kier molecular flexibility index (Phi) is 6.72. The molecule has 3 nitrogen and oxygen atoms in total. The minimum Gasteiger partial charge on any atom is -0.263 e. The normalized spacial score (nSPS) is 20.5. The second-order valence-electron chi connectivity index (χ2n) is 7.64. The summed E-state index contributed by atoms with van der Waals surface area (Å²) in [7, 11) is -3.69. The number of rotatable bonds is 7. The van der Waals surface area contributed by atoms with Gasteiger partial charge < -0.3 is 0 Å². The third-order valence-electron chi connectivity index (χ3n) is 5.54. The summed E-state index contributed by atoms with van der Waals surface area (Å²) in [6.07, 6.45) is 6.88. The molecule has 0 bridgehead atoms. The lowest BCUT2D eigenvalue weighted by molar-refractivity contribution is 0.153. The van der Waals surface area contributed by atoms with E-state index in [9.17, 15) is 8.42 Å². The van der Waals surface area contributed by atoms with Crippen molar-refractivity contribution in [1.82, 2.24) is 0 Å². The molecule has 2 aromatic carbocycles. The maximum Gasteiger partial charge on any atom is 0.297 e. The fourth-order valence-electron chi connectivity index (χ4n) is 3.94. The summed E-state index contributed by atoms with van der Waals surface area (Å²) < 4.78 is 30.8. The summed E-state index contributed by atoms with van der Waals surface area (Å²) in [5.74, 6) is 0.507. The smallest absolute Gasteiger partial charge is 0.263 e. The largest absolute Gasteiger partial charge is 0.297 e. The molecule has 0 N–H and O–H groups in total. The number of hydrogen-bond acceptors (Lipinski definition) is 3. The molecule has 4 heteroatoms. The van der Waals surface area contributed by atoms with Gasteiger partial charge in [0.2, 0.25) is 0 Å². The van der Waals surface area contributed by atoms with Crippen molar-refractivity contribution in [2.75, 3.05) is 0 Å². The highest BCUT2D eigenvalue weighted by atomic mass is 32.2. The van der Waals surface area contributed by atoms with Gasteiger partial charge in [-0.15, -0.1) is 0 Å². The van der Waals surface area contributed by atoms with Crippen molar-refractivity contribution in [2.45, 2.75) is 75.7 Å². The van der Waals surface area contributed by atoms with E-state index in [1.54, 1.807) is 25.1 Å². The first-order valence-corrected chi connectivity index (χ1v) is 11.5. The van der Waals surface area contributed by atoms with Gasteiger partial charge in [-0.3, -0.25) is 4.18 Å². The Labute approximate surface area is 163 Å². The van der Waals surface area contributed by atoms with Gasteiger partial charge in [0.1, 0.15) is 0 Å². The second kappa shape index (κ2) is 9.03. The molecule has 0 atom stereocenters. The van der Waals surface area contributed by atoms with Gasteiger partial charge in [-0.25, -0.2) is 0 Å². The van der Waals surface area contributed by atoms with Crippen LogP contribution >= 0.6 is 0 Å². The fraction of sp³-hybridized carbons (Fsp3) is 0.478. The van der Waals surface area contributed by atoms with Gasteiger partial charge >= 0.3 is 0 Å². The Bertz CT molecular complexity index is 849. The van der Waals surface area contributed by atoms with Crippen molar-refractivity contribution < 1.29 is 12.6 Å². The highest BCUT2D eigenvalue weighted by Gasteiger charge is 2.28. The van der Waals surface area contributed by atoms with E-state index in [4.69, 9.17) is 4.18 Å². The molecule has 0 heterocycles. The minimum atomic E-state index is -3.69. The van der Waals surface area contributed by atoms with E-state index in [0.29, 0.717) is 5.92 Å². The van der Waals surface area contributed by atoms with Gasteiger partial charge in [0.15, 0.2) is 0 Å². The molecular formula is C23H30O3S. The zero-order valence-electron chi connectivity index (χ0n) is 16.4. The van der Waals surface area contributed by atoms with Gasteiger partial charge in [0.25, 0.3) is 10.1 Å². The highest BCUT2D eigenvalue weighted by Crippen LogP contribution is 2.35. The molecule has 0 spiro atoms. The van der Waals surface area contributed by atoms with E-state index in [-0.39, 0.29) is 11.0 Å². The lowest BCUT2D eigenvalue weighted by Crippen LogP contribution is -2.24. The lowest BCUT2D eigenvalue weighted by Gasteiger charge is -2.28. The standard InChI is InChI=1S/C23H30O3S/c1-3-4-9-19-10-7-11-21(17-19)20-13-15-22(16-14-20)26-27(24,25)23-12-6-5-8-18(23)2/h5-8,10-12,17,20,22H,3-4,9,13-16H2,1-2H3. The summed E-state index contributed by atoms with van der Waals surface area (Å²) in [5, 5.41) is 0. The average Bonchev–Trinajstić information content (AvgIpc) is 2.67. The zero-order valence-corrected chi connectivity index (χ0v) is 17.2. The highest BCUT2D eigenvalue weighted by molar-refractivity contribution is 7.86. The van der Waals surface area contributed by atoms with Crippen LogP contribution in [0.25, 0.3) is 0 Å². The summed E-state index contributed by atoms with van der Waals surface area (Å²) in [5.41, 5.74) is 3.54. The van der Waals surface area contributed by atoms with Crippen LogP contribution in [0.15, 0.2) is 53.4 Å². The van der Waals surface area contributed by atoms with Crippen LogP contribution in [0.2, 0.25) is 0 Å². The van der Waals surface area contributed by atoms with Crippen molar-refractivity contribution in [3.05, 3.63) is 65.2 Å². The SMILES string of the molecule is CCCCc1cccc(C2CCC(OS(=O)(=O)c3ccccc3C)CC2)c1. The quantitative estimate of drug-likeness (QED) is 0.567. The van der Waals surface area contributed by atoms with E-state index in [2.05, 4.69) is 31.2 Å². The topological polar surface area (TPSA) is 43.4 Å². The van der Waals surface area contributed by atoms with Gasteiger partial charge in [0.05, 0.1) is 11.0 Å². The molecule has 3 rings (SSSR count). The van der Waals surface area contributed by atoms with Crippen LogP contribution in [0.1, 0.15) is 68.1 Å². The number of hydrogen-bond donors (Lipinski definition) is 0. The summed E-state index contributed by atoms with van der Waals surface area (Å²) in [4.78, 5) is 0.288. The third-order valence-corrected chi connectivity index (χ3v) is 7.06. The lowest BCUT2D eigenvalue weighted by atomic mass is 9.82. The first kappa shape index (κ1) is 20.1. The monoisotopic (exact) mass is 386 g/mol. The molecule has 0 radical (unpaired) electrons. The molecule has 146 valence electrons. The Balaban J connectivity index is 1.60. The van der Waals surface area contributed by atoms with Crippen LogP contribution in [-0.4, -0.2) is 14.5 Å². The molecule has 0 saturated heterocycles. The molecular weight excluding hydrogens is 356 g/mol. The van der Waals surface area contributed by atoms with Crippen molar-refractivity contribution in [3.63, 3.8) is 0 Å². The number of unbranched alkanes of at least 4 members (excludes halogenated alkanes) is 1. The van der Waals surface area contributed by atoms with Crippen LogP contribution in [0.4, 0.5) is 0 Å². The van der Waals surface area contributed by atoms with Gasteiger partial charge in [0, 0.05) is 0 Å². The first-order chi connectivity index (χ1) is 13.0. The van der Waals surface area contributed by atoms with Crippen LogP contribution in [0, 0.1) is 6.92 Å². The summed E-state index contributed by atoms with van der Waals surface area (Å²) in [6, 6.07) is 15.9. The van der Waals surface area contributed by atoms with Crippen molar-refractivity contribution in [1.29, 1.82) is 0 Å². The van der Waals surface area contributed by atoms with Crippen molar-refractivity contribution in [3.8, 4) is 0 Å². The van der Waals surface area contributed by atoms with E-state index in [1.165, 1.54) is 24.0 Å². The Morgan fingerprint density at radius 1 is 1.00 bits per heavy atom. The van der Waals surface area contributed by atoms with Crippen LogP contribution in [-0.2, 0) is 20.7 Å². The molecule has 27 heavy (non-hydrogen) atoms. The van der Waals surface area contributed by atoms with Crippen molar-refractivity contribution >= 4 is 10.1 Å². The number of benzene rings is 2. The second-order valence-corrected chi connectivity index (χ2v) is 9.18. The first-order valence-electron chi connectivity index (χ1n) is 10.1. The maximum atomic E-state index is 12.6. The maximum absolute atomic E-state index is 12.6. The number of aryl methyl sites for hydroxylation is 2. The third kappa shape index (κ3) is 5.20. The van der Waals surface area contributed by atoms with Gasteiger partial charge in [-0.1, -0.05) is 55.8 Å².